The molecule has 22 heavy (non-hydrogen) atoms. The average molecular weight is 298 g/mol. The zero-order valence-electron chi connectivity index (χ0n) is 13.8. The van der Waals surface area contributed by atoms with Crippen LogP contribution in [0.2, 0.25) is 0 Å². The van der Waals surface area contributed by atoms with Crippen molar-refractivity contribution in [2.45, 2.75) is 33.1 Å². The minimum Gasteiger partial charge on any atom is -0.354 e. The SMILES string of the molecule is Cc1cc(C)nc(NCCCNC[C@@H](C)c2ccccc2)n1. The molecular formula is C18H26N4. The van der Waals surface area contributed by atoms with Crippen molar-refractivity contribution in [2.75, 3.05) is 25.0 Å². The predicted molar refractivity (Wildman–Crippen MR) is 92.3 cm³/mol. The number of rotatable bonds is 8. The average Bonchev–Trinajstić information content (AvgIpc) is 2.50. The lowest BCUT2D eigenvalue weighted by Crippen LogP contribution is -2.23. The Balaban J connectivity index is 1.61. The number of aromatic nitrogens is 2. The van der Waals surface area contributed by atoms with E-state index in [9.17, 15) is 0 Å². The molecule has 4 nitrogen and oxygen atoms in total. The van der Waals surface area contributed by atoms with Gasteiger partial charge in [-0.1, -0.05) is 37.3 Å². The molecule has 0 aliphatic heterocycles. The fraction of sp³-hybridized carbons (Fsp3) is 0.444. The second-order valence-corrected chi connectivity index (χ2v) is 5.77. The molecule has 0 amide bonds. The molecule has 2 rings (SSSR count). The van der Waals surface area contributed by atoms with Gasteiger partial charge in [-0.15, -0.1) is 0 Å². The Hall–Kier alpha value is -1.94. The minimum atomic E-state index is 0.539. The molecule has 1 heterocycles. The summed E-state index contributed by atoms with van der Waals surface area (Å²) in [4.78, 5) is 8.75. The number of nitrogens with one attached hydrogen (secondary N) is 2. The Morgan fingerprint density at radius 2 is 1.68 bits per heavy atom. The largest absolute Gasteiger partial charge is 0.354 e. The van der Waals surface area contributed by atoms with Gasteiger partial charge in [-0.25, -0.2) is 9.97 Å². The number of benzene rings is 1. The highest BCUT2D eigenvalue weighted by Gasteiger charge is 2.03. The highest BCUT2D eigenvalue weighted by Crippen LogP contribution is 2.12. The second kappa shape index (κ2) is 8.49. The topological polar surface area (TPSA) is 49.8 Å². The first-order valence-corrected chi connectivity index (χ1v) is 7.97. The van der Waals surface area contributed by atoms with Crippen molar-refractivity contribution in [2.24, 2.45) is 0 Å². The van der Waals surface area contributed by atoms with Crippen molar-refractivity contribution in [3.8, 4) is 0 Å². The maximum Gasteiger partial charge on any atom is 0.223 e. The van der Waals surface area contributed by atoms with E-state index >= 15 is 0 Å². The van der Waals surface area contributed by atoms with Crippen molar-refractivity contribution < 1.29 is 0 Å². The molecule has 0 aliphatic rings. The van der Waals surface area contributed by atoms with Gasteiger partial charge in [-0.3, -0.25) is 0 Å². The van der Waals surface area contributed by atoms with Crippen LogP contribution < -0.4 is 10.6 Å². The Morgan fingerprint density at radius 3 is 2.36 bits per heavy atom. The molecule has 0 bridgehead atoms. The van der Waals surface area contributed by atoms with Gasteiger partial charge in [-0.2, -0.15) is 0 Å². The molecule has 0 aliphatic carbocycles. The summed E-state index contributed by atoms with van der Waals surface area (Å²) in [6, 6.07) is 12.6. The van der Waals surface area contributed by atoms with E-state index in [1.54, 1.807) is 0 Å². The molecule has 0 saturated carbocycles. The Kier molecular flexibility index (Phi) is 6.34. The quantitative estimate of drug-likeness (QED) is 0.734. The fourth-order valence-corrected chi connectivity index (χ4v) is 2.44. The van der Waals surface area contributed by atoms with E-state index < -0.39 is 0 Å². The molecular weight excluding hydrogens is 272 g/mol. The van der Waals surface area contributed by atoms with Crippen molar-refractivity contribution in [3.63, 3.8) is 0 Å². The highest BCUT2D eigenvalue weighted by molar-refractivity contribution is 5.27. The van der Waals surface area contributed by atoms with Gasteiger partial charge in [0.25, 0.3) is 0 Å². The lowest BCUT2D eigenvalue weighted by molar-refractivity contribution is 0.603. The molecule has 0 unspecified atom stereocenters. The third kappa shape index (κ3) is 5.45. The lowest BCUT2D eigenvalue weighted by atomic mass is 10.0. The number of aryl methyl sites for hydroxylation is 2. The van der Waals surface area contributed by atoms with Crippen molar-refractivity contribution in [1.29, 1.82) is 0 Å². The first-order chi connectivity index (χ1) is 10.6. The summed E-state index contributed by atoms with van der Waals surface area (Å²) in [6.45, 7) is 9.12. The lowest BCUT2D eigenvalue weighted by Gasteiger charge is -2.13. The van der Waals surface area contributed by atoms with Crippen LogP contribution in [-0.4, -0.2) is 29.6 Å². The van der Waals surface area contributed by atoms with Crippen molar-refractivity contribution >= 4 is 5.95 Å². The van der Waals surface area contributed by atoms with Crippen LogP contribution in [0.4, 0.5) is 5.95 Å². The van der Waals surface area contributed by atoms with Crippen molar-refractivity contribution in [1.82, 2.24) is 15.3 Å². The Morgan fingerprint density at radius 1 is 1.00 bits per heavy atom. The molecule has 0 spiro atoms. The van der Waals surface area contributed by atoms with E-state index in [1.807, 2.05) is 19.9 Å². The molecule has 0 radical (unpaired) electrons. The zero-order chi connectivity index (χ0) is 15.8. The van der Waals surface area contributed by atoms with Gasteiger partial charge in [0.05, 0.1) is 0 Å². The number of anilines is 1. The van der Waals surface area contributed by atoms with Crippen LogP contribution in [0.25, 0.3) is 0 Å². The van der Waals surface area contributed by atoms with Crippen LogP contribution in [-0.2, 0) is 0 Å². The van der Waals surface area contributed by atoms with E-state index in [1.165, 1.54) is 5.56 Å². The summed E-state index contributed by atoms with van der Waals surface area (Å²) < 4.78 is 0. The van der Waals surface area contributed by atoms with Gasteiger partial charge in [0.15, 0.2) is 0 Å². The van der Waals surface area contributed by atoms with Crippen LogP contribution >= 0.6 is 0 Å². The van der Waals surface area contributed by atoms with Crippen molar-refractivity contribution in [3.05, 3.63) is 53.3 Å². The van der Waals surface area contributed by atoms with Gasteiger partial charge in [0, 0.05) is 24.5 Å². The van der Waals surface area contributed by atoms with Gasteiger partial charge < -0.3 is 10.6 Å². The van der Waals surface area contributed by atoms with Crippen LogP contribution in [0.3, 0.4) is 0 Å². The number of nitrogens with zero attached hydrogens (tertiary/aromatic N) is 2. The Labute approximate surface area is 133 Å². The number of hydrogen-bond acceptors (Lipinski definition) is 4. The summed E-state index contributed by atoms with van der Waals surface area (Å²) in [6.07, 6.45) is 1.05. The molecule has 1 atom stereocenters. The fourth-order valence-electron chi connectivity index (χ4n) is 2.44. The first kappa shape index (κ1) is 16.4. The monoisotopic (exact) mass is 298 g/mol. The first-order valence-electron chi connectivity index (χ1n) is 7.97. The zero-order valence-corrected chi connectivity index (χ0v) is 13.8. The number of hydrogen-bond donors (Lipinski definition) is 2. The molecule has 118 valence electrons. The molecule has 0 saturated heterocycles. The second-order valence-electron chi connectivity index (χ2n) is 5.77. The minimum absolute atomic E-state index is 0.539. The molecule has 4 heteroatoms. The molecule has 1 aromatic heterocycles. The third-order valence-electron chi connectivity index (χ3n) is 3.61. The smallest absolute Gasteiger partial charge is 0.223 e. The highest BCUT2D eigenvalue weighted by atomic mass is 15.1. The van der Waals surface area contributed by atoms with E-state index in [0.717, 1.165) is 43.4 Å². The van der Waals surface area contributed by atoms with E-state index in [2.05, 4.69) is 57.9 Å². The summed E-state index contributed by atoms with van der Waals surface area (Å²) in [5.74, 6) is 1.27. The maximum absolute atomic E-state index is 4.38. The Bertz CT molecular complexity index is 548. The summed E-state index contributed by atoms with van der Waals surface area (Å²) in [7, 11) is 0. The standard InChI is InChI=1S/C18H26N4/c1-14(17-8-5-4-6-9-17)13-19-10-7-11-20-18-21-15(2)12-16(3)22-18/h4-6,8-9,12,14,19H,7,10-11,13H2,1-3H3,(H,20,21,22)/t14-/m1/s1. The summed E-state index contributed by atoms with van der Waals surface area (Å²) in [5.41, 5.74) is 3.39. The molecule has 1 aromatic carbocycles. The van der Waals surface area contributed by atoms with Gasteiger partial charge in [0.2, 0.25) is 5.95 Å². The van der Waals surface area contributed by atoms with Crippen LogP contribution in [0.5, 0.6) is 0 Å². The van der Waals surface area contributed by atoms with Gasteiger partial charge in [0.1, 0.15) is 0 Å². The van der Waals surface area contributed by atoms with E-state index in [4.69, 9.17) is 0 Å². The van der Waals surface area contributed by atoms with E-state index in [0.29, 0.717) is 5.92 Å². The summed E-state index contributed by atoms with van der Waals surface area (Å²) >= 11 is 0. The summed E-state index contributed by atoms with van der Waals surface area (Å²) in [5, 5.41) is 6.80. The van der Waals surface area contributed by atoms with Crippen LogP contribution in [0, 0.1) is 13.8 Å². The van der Waals surface area contributed by atoms with Gasteiger partial charge >= 0.3 is 0 Å². The molecule has 2 N–H and O–H groups in total. The molecule has 2 aromatic rings. The maximum atomic E-state index is 4.38. The normalized spacial score (nSPS) is 12.1. The van der Waals surface area contributed by atoms with Crippen LogP contribution in [0.1, 0.15) is 36.2 Å². The van der Waals surface area contributed by atoms with Gasteiger partial charge in [-0.05, 0) is 44.4 Å². The predicted octanol–water partition coefficient (Wildman–Crippen LogP) is 3.29. The third-order valence-corrected chi connectivity index (χ3v) is 3.61. The molecule has 0 fully saturated rings. The van der Waals surface area contributed by atoms with Crippen LogP contribution in [0.15, 0.2) is 36.4 Å². The van der Waals surface area contributed by atoms with E-state index in [-0.39, 0.29) is 0 Å².